The maximum atomic E-state index is 11.4. The highest BCUT2D eigenvalue weighted by Gasteiger charge is 2.27. The molecule has 0 aliphatic rings. The molecule has 2 atom stereocenters. The van der Waals surface area contributed by atoms with E-state index in [0.717, 1.165) is 11.8 Å². The van der Waals surface area contributed by atoms with Gasteiger partial charge >= 0.3 is 17.9 Å². The molecule has 1 N–H and O–H groups in total. The Labute approximate surface area is 116 Å². The standard InChI is InChI=1S/C12H20O6S/c1-4-8(12(16)18-3)19-9(11(14)15)6-5-7-10(13)17-2/h8-9H,4-7H2,1-3H3,(H,14,15). The predicted molar refractivity (Wildman–Crippen MR) is 71.0 cm³/mol. The van der Waals surface area contributed by atoms with Gasteiger partial charge in [0.1, 0.15) is 10.5 Å². The van der Waals surface area contributed by atoms with E-state index in [1.165, 1.54) is 14.2 Å². The largest absolute Gasteiger partial charge is 0.480 e. The summed E-state index contributed by atoms with van der Waals surface area (Å²) in [7, 11) is 2.56. The van der Waals surface area contributed by atoms with Crippen molar-refractivity contribution in [2.45, 2.75) is 43.1 Å². The summed E-state index contributed by atoms with van der Waals surface area (Å²) in [5.74, 6) is -1.78. The fourth-order valence-corrected chi connectivity index (χ4v) is 2.65. The molecule has 110 valence electrons. The fourth-order valence-electron chi connectivity index (χ4n) is 1.43. The zero-order valence-electron chi connectivity index (χ0n) is 11.4. The summed E-state index contributed by atoms with van der Waals surface area (Å²) in [6.07, 6.45) is 1.39. The van der Waals surface area contributed by atoms with Gasteiger partial charge in [-0.25, -0.2) is 0 Å². The topological polar surface area (TPSA) is 89.9 Å². The van der Waals surface area contributed by atoms with Gasteiger partial charge in [0, 0.05) is 6.42 Å². The highest BCUT2D eigenvalue weighted by Crippen LogP contribution is 2.25. The van der Waals surface area contributed by atoms with Crippen molar-refractivity contribution in [3.05, 3.63) is 0 Å². The summed E-state index contributed by atoms with van der Waals surface area (Å²) in [5.41, 5.74) is 0. The molecule has 0 aliphatic carbocycles. The van der Waals surface area contributed by atoms with Crippen molar-refractivity contribution in [1.82, 2.24) is 0 Å². The van der Waals surface area contributed by atoms with Crippen LogP contribution in [0.25, 0.3) is 0 Å². The first-order chi connectivity index (χ1) is 8.96. The van der Waals surface area contributed by atoms with E-state index in [4.69, 9.17) is 5.11 Å². The van der Waals surface area contributed by atoms with Gasteiger partial charge in [0.25, 0.3) is 0 Å². The van der Waals surface area contributed by atoms with E-state index in [1.807, 2.05) is 0 Å². The van der Waals surface area contributed by atoms with Crippen LogP contribution in [0.2, 0.25) is 0 Å². The van der Waals surface area contributed by atoms with Crippen LogP contribution in [0.15, 0.2) is 0 Å². The number of aliphatic carboxylic acids is 1. The third kappa shape index (κ3) is 7.05. The molecule has 7 heteroatoms. The third-order valence-electron chi connectivity index (χ3n) is 2.51. The van der Waals surface area contributed by atoms with E-state index >= 15 is 0 Å². The molecule has 0 saturated heterocycles. The van der Waals surface area contributed by atoms with E-state index < -0.39 is 22.4 Å². The van der Waals surface area contributed by atoms with Crippen LogP contribution in [0, 0.1) is 0 Å². The van der Waals surface area contributed by atoms with Crippen molar-refractivity contribution in [3.63, 3.8) is 0 Å². The second-order valence-corrected chi connectivity index (χ2v) is 5.26. The summed E-state index contributed by atoms with van der Waals surface area (Å²) >= 11 is 1.06. The maximum Gasteiger partial charge on any atom is 0.318 e. The van der Waals surface area contributed by atoms with E-state index in [-0.39, 0.29) is 12.4 Å². The fraction of sp³-hybridized carbons (Fsp3) is 0.750. The Morgan fingerprint density at radius 1 is 1.16 bits per heavy atom. The Balaban J connectivity index is 4.36. The first kappa shape index (κ1) is 17.8. The predicted octanol–water partition coefficient (Wildman–Crippen LogP) is 1.47. The second-order valence-electron chi connectivity index (χ2n) is 3.85. The first-order valence-electron chi connectivity index (χ1n) is 5.99. The number of thioether (sulfide) groups is 1. The number of hydrogen-bond donors (Lipinski definition) is 1. The molecule has 0 amide bonds. The van der Waals surface area contributed by atoms with Gasteiger partial charge < -0.3 is 14.6 Å². The van der Waals surface area contributed by atoms with Crippen molar-refractivity contribution in [3.8, 4) is 0 Å². The molecule has 0 aromatic heterocycles. The van der Waals surface area contributed by atoms with Crippen LogP contribution in [0.3, 0.4) is 0 Å². The van der Waals surface area contributed by atoms with Crippen LogP contribution < -0.4 is 0 Å². The summed E-state index contributed by atoms with van der Waals surface area (Å²) in [5, 5.41) is 7.88. The zero-order chi connectivity index (χ0) is 14.8. The van der Waals surface area contributed by atoms with Crippen molar-refractivity contribution in [2.24, 2.45) is 0 Å². The molecular formula is C12H20O6S. The quantitative estimate of drug-likeness (QED) is 0.643. The zero-order valence-corrected chi connectivity index (χ0v) is 12.2. The number of rotatable bonds is 9. The maximum absolute atomic E-state index is 11.4. The molecule has 0 aliphatic heterocycles. The van der Waals surface area contributed by atoms with E-state index in [0.29, 0.717) is 19.3 Å². The number of hydrogen-bond acceptors (Lipinski definition) is 6. The molecule has 0 fully saturated rings. The minimum atomic E-state index is -0.989. The molecule has 0 heterocycles. The van der Waals surface area contributed by atoms with Gasteiger partial charge in [0.05, 0.1) is 14.2 Å². The first-order valence-corrected chi connectivity index (χ1v) is 6.93. The third-order valence-corrected chi connectivity index (χ3v) is 4.13. The Bertz CT molecular complexity index is 317. The van der Waals surface area contributed by atoms with Crippen LogP contribution in [0.5, 0.6) is 0 Å². The lowest BCUT2D eigenvalue weighted by Gasteiger charge is -2.17. The average molecular weight is 292 g/mol. The lowest BCUT2D eigenvalue weighted by Crippen LogP contribution is -2.26. The molecule has 0 saturated carbocycles. The van der Waals surface area contributed by atoms with Gasteiger partial charge in [0.2, 0.25) is 0 Å². The highest BCUT2D eigenvalue weighted by molar-refractivity contribution is 8.01. The Morgan fingerprint density at radius 2 is 1.79 bits per heavy atom. The van der Waals surface area contributed by atoms with Crippen LogP contribution >= 0.6 is 11.8 Å². The number of carboxylic acid groups (broad SMARTS) is 1. The molecule has 0 rings (SSSR count). The summed E-state index contributed by atoms with van der Waals surface area (Å²) in [6, 6.07) is 0. The van der Waals surface area contributed by atoms with Gasteiger partial charge in [-0.3, -0.25) is 14.4 Å². The molecule has 0 aromatic carbocycles. The number of esters is 2. The number of methoxy groups -OCH3 is 2. The molecule has 0 bridgehead atoms. The Morgan fingerprint density at radius 3 is 2.21 bits per heavy atom. The summed E-state index contributed by atoms with van der Waals surface area (Å²) < 4.78 is 9.10. The minimum Gasteiger partial charge on any atom is -0.480 e. The molecule has 0 radical (unpaired) electrons. The number of carboxylic acids is 1. The van der Waals surface area contributed by atoms with Crippen molar-refractivity contribution in [2.75, 3.05) is 14.2 Å². The molecule has 2 unspecified atom stereocenters. The number of carbonyl (C=O) groups is 3. The van der Waals surface area contributed by atoms with Crippen molar-refractivity contribution < 1.29 is 29.0 Å². The molecule has 0 aromatic rings. The van der Waals surface area contributed by atoms with Crippen LogP contribution in [0.1, 0.15) is 32.6 Å². The van der Waals surface area contributed by atoms with Gasteiger partial charge in [-0.1, -0.05) is 6.92 Å². The lowest BCUT2D eigenvalue weighted by molar-refractivity contribution is -0.142. The van der Waals surface area contributed by atoms with Crippen molar-refractivity contribution in [1.29, 1.82) is 0 Å². The summed E-state index contributed by atoms with van der Waals surface area (Å²) in [6.45, 7) is 1.79. The van der Waals surface area contributed by atoms with Gasteiger partial charge in [-0.15, -0.1) is 11.8 Å². The molecular weight excluding hydrogens is 272 g/mol. The molecule has 6 nitrogen and oxygen atoms in total. The Hall–Kier alpha value is -1.24. The average Bonchev–Trinajstić information content (AvgIpc) is 2.40. The minimum absolute atomic E-state index is 0.176. The van der Waals surface area contributed by atoms with Crippen LogP contribution in [-0.2, 0) is 23.9 Å². The van der Waals surface area contributed by atoms with Crippen molar-refractivity contribution >= 4 is 29.7 Å². The van der Waals surface area contributed by atoms with E-state index in [9.17, 15) is 14.4 Å². The molecule has 0 spiro atoms. The smallest absolute Gasteiger partial charge is 0.318 e. The SMILES string of the molecule is CCC(SC(CCCC(=O)OC)C(=O)O)C(=O)OC. The monoisotopic (exact) mass is 292 g/mol. The van der Waals surface area contributed by atoms with Gasteiger partial charge in [-0.05, 0) is 19.3 Å². The van der Waals surface area contributed by atoms with Crippen LogP contribution in [-0.4, -0.2) is 47.7 Å². The number of ether oxygens (including phenoxy) is 2. The van der Waals surface area contributed by atoms with Gasteiger partial charge in [0.15, 0.2) is 0 Å². The second kappa shape index (κ2) is 9.66. The van der Waals surface area contributed by atoms with Gasteiger partial charge in [-0.2, -0.15) is 0 Å². The number of carbonyl (C=O) groups excluding carboxylic acids is 2. The summed E-state index contributed by atoms with van der Waals surface area (Å²) in [4.78, 5) is 33.5. The van der Waals surface area contributed by atoms with E-state index in [1.54, 1.807) is 6.92 Å². The Kier molecular flexibility index (Phi) is 9.03. The van der Waals surface area contributed by atoms with Crippen LogP contribution in [0.4, 0.5) is 0 Å². The normalized spacial score (nSPS) is 13.4. The molecule has 19 heavy (non-hydrogen) atoms. The van der Waals surface area contributed by atoms with E-state index in [2.05, 4.69) is 9.47 Å². The lowest BCUT2D eigenvalue weighted by atomic mass is 10.2. The highest BCUT2D eigenvalue weighted by atomic mass is 32.2.